The largest absolute Gasteiger partial charge is 0.461 e. The lowest BCUT2D eigenvalue weighted by Gasteiger charge is -2.12. The molecule has 1 unspecified atom stereocenters. The smallest absolute Gasteiger partial charge is 0.310 e. The number of benzene rings is 2. The number of carbonyl (C=O) groups excluding carboxylic acids is 1. The van der Waals surface area contributed by atoms with E-state index in [0.29, 0.717) is 13.2 Å². The number of ether oxygens (including phenoxy) is 1. The van der Waals surface area contributed by atoms with Crippen LogP contribution in [0.4, 0.5) is 0 Å². The first-order chi connectivity index (χ1) is 12.6. The minimum absolute atomic E-state index is 0.220. The van der Waals surface area contributed by atoms with Crippen LogP contribution in [-0.2, 0) is 35.8 Å². The lowest BCUT2D eigenvalue weighted by molar-refractivity contribution is -0.149. The normalized spacial score (nSPS) is 15.2. The van der Waals surface area contributed by atoms with E-state index in [4.69, 9.17) is 4.74 Å². The fourth-order valence-corrected chi connectivity index (χ4v) is 3.39. The molecule has 134 valence electrons. The Morgan fingerprint density at radius 3 is 2.88 bits per heavy atom. The first-order valence-corrected chi connectivity index (χ1v) is 8.84. The van der Waals surface area contributed by atoms with Crippen molar-refractivity contribution in [3.63, 3.8) is 0 Å². The van der Waals surface area contributed by atoms with Crippen LogP contribution in [-0.4, -0.2) is 32.9 Å². The fraction of sp³-hybridized carbons (Fsp3) is 0.350. The van der Waals surface area contributed by atoms with Crippen LogP contribution in [0.5, 0.6) is 0 Å². The molecule has 1 aliphatic heterocycles. The Balaban J connectivity index is 1.37. The van der Waals surface area contributed by atoms with E-state index in [0.717, 1.165) is 29.7 Å². The molecule has 0 saturated carbocycles. The van der Waals surface area contributed by atoms with E-state index in [1.165, 1.54) is 11.1 Å². The molecule has 0 amide bonds. The number of hydrogen-bond donors (Lipinski definition) is 0. The van der Waals surface area contributed by atoms with Crippen LogP contribution in [0.15, 0.2) is 42.5 Å². The maximum absolute atomic E-state index is 12.4. The van der Waals surface area contributed by atoms with Gasteiger partial charge in [0, 0.05) is 13.1 Å². The second kappa shape index (κ2) is 6.88. The molecule has 4 rings (SSSR count). The summed E-state index contributed by atoms with van der Waals surface area (Å²) in [7, 11) is 2.11. The van der Waals surface area contributed by atoms with Crippen LogP contribution < -0.4 is 0 Å². The molecule has 2 heterocycles. The summed E-state index contributed by atoms with van der Waals surface area (Å²) >= 11 is 0. The Kier molecular flexibility index (Phi) is 4.42. The van der Waals surface area contributed by atoms with Crippen molar-refractivity contribution in [1.82, 2.24) is 19.9 Å². The average Bonchev–Trinajstić information content (AvgIpc) is 3.21. The molecule has 0 fully saturated rings. The molecular formula is C20H22N4O2. The molecule has 0 bridgehead atoms. The van der Waals surface area contributed by atoms with Gasteiger partial charge in [0.1, 0.15) is 12.1 Å². The van der Waals surface area contributed by atoms with E-state index >= 15 is 0 Å². The van der Waals surface area contributed by atoms with Crippen molar-refractivity contribution in [3.05, 3.63) is 59.2 Å². The number of fused-ring (bicyclic) bond motifs is 2. The Hall–Kier alpha value is -2.73. The lowest BCUT2D eigenvalue weighted by Crippen LogP contribution is -2.20. The molecule has 0 spiro atoms. The van der Waals surface area contributed by atoms with Gasteiger partial charge in [-0.25, -0.2) is 4.68 Å². The van der Waals surface area contributed by atoms with Gasteiger partial charge < -0.3 is 4.74 Å². The zero-order valence-electron chi connectivity index (χ0n) is 15.1. The number of hydrogen-bond acceptors (Lipinski definition) is 5. The Bertz CT molecular complexity index is 950. The first-order valence-electron chi connectivity index (χ1n) is 8.84. The van der Waals surface area contributed by atoms with Gasteiger partial charge in [0.15, 0.2) is 0 Å². The molecule has 0 radical (unpaired) electrons. The molecule has 6 heteroatoms. The summed E-state index contributed by atoms with van der Waals surface area (Å²) in [6.07, 6.45) is 0. The number of rotatable bonds is 5. The molecular weight excluding hydrogens is 328 g/mol. The number of aromatic nitrogens is 3. The number of carbonyl (C=O) groups is 1. The first kappa shape index (κ1) is 16.7. The van der Waals surface area contributed by atoms with Gasteiger partial charge in [-0.05, 0) is 35.9 Å². The van der Waals surface area contributed by atoms with Gasteiger partial charge in [0.05, 0.1) is 18.0 Å². The maximum atomic E-state index is 12.4. The van der Waals surface area contributed by atoms with Gasteiger partial charge in [-0.15, -0.1) is 5.10 Å². The molecule has 1 atom stereocenters. The SMILES string of the molecule is CC(Cn1nnc2ccccc21)C(=O)OCc1ccc2c(c1)CN(C)C2. The molecule has 2 aromatic carbocycles. The predicted molar refractivity (Wildman–Crippen MR) is 98.1 cm³/mol. The van der Waals surface area contributed by atoms with E-state index in [-0.39, 0.29) is 11.9 Å². The molecule has 3 aromatic rings. The van der Waals surface area contributed by atoms with Gasteiger partial charge in [-0.2, -0.15) is 0 Å². The van der Waals surface area contributed by atoms with Crippen LogP contribution >= 0.6 is 0 Å². The minimum Gasteiger partial charge on any atom is -0.461 e. The number of esters is 1. The summed E-state index contributed by atoms with van der Waals surface area (Å²) < 4.78 is 7.28. The minimum atomic E-state index is -0.291. The Labute approximate surface area is 152 Å². The van der Waals surface area contributed by atoms with E-state index in [9.17, 15) is 4.79 Å². The number of para-hydroxylation sites is 1. The van der Waals surface area contributed by atoms with Gasteiger partial charge in [-0.1, -0.05) is 42.5 Å². The van der Waals surface area contributed by atoms with Crippen molar-refractivity contribution in [2.45, 2.75) is 33.2 Å². The molecule has 26 heavy (non-hydrogen) atoms. The zero-order valence-corrected chi connectivity index (χ0v) is 15.1. The van der Waals surface area contributed by atoms with Crippen molar-refractivity contribution in [2.75, 3.05) is 7.05 Å². The highest BCUT2D eigenvalue weighted by Crippen LogP contribution is 2.23. The highest BCUT2D eigenvalue weighted by molar-refractivity contribution is 5.75. The summed E-state index contributed by atoms with van der Waals surface area (Å²) in [6.45, 7) is 4.55. The summed E-state index contributed by atoms with van der Waals surface area (Å²) in [6, 6.07) is 14.0. The standard InChI is InChI=1S/C20H22N4O2/c1-14(10-24-19-6-4-3-5-18(19)21-22-24)20(25)26-13-15-7-8-16-11-23(2)12-17(16)9-15/h3-9,14H,10-13H2,1-2H3. The summed E-state index contributed by atoms with van der Waals surface area (Å²) in [4.78, 5) is 14.6. The van der Waals surface area contributed by atoms with E-state index in [2.05, 4.69) is 34.4 Å². The van der Waals surface area contributed by atoms with Gasteiger partial charge in [0.2, 0.25) is 0 Å². The monoisotopic (exact) mass is 350 g/mol. The molecule has 0 aliphatic carbocycles. The second-order valence-corrected chi connectivity index (χ2v) is 7.04. The third kappa shape index (κ3) is 3.32. The topological polar surface area (TPSA) is 60.3 Å². The average molecular weight is 350 g/mol. The quantitative estimate of drug-likeness (QED) is 0.662. The predicted octanol–water partition coefficient (Wildman–Crippen LogP) is 2.76. The van der Waals surface area contributed by atoms with Crippen LogP contribution in [0.2, 0.25) is 0 Å². The summed E-state index contributed by atoms with van der Waals surface area (Å²) in [5, 5.41) is 8.26. The van der Waals surface area contributed by atoms with Gasteiger partial charge >= 0.3 is 5.97 Å². The lowest BCUT2D eigenvalue weighted by atomic mass is 10.1. The van der Waals surface area contributed by atoms with Gasteiger partial charge in [0.25, 0.3) is 0 Å². The van der Waals surface area contributed by atoms with E-state index in [1.807, 2.05) is 37.3 Å². The molecule has 0 N–H and O–H groups in total. The summed E-state index contributed by atoms with van der Waals surface area (Å²) in [5.74, 6) is -0.511. The van der Waals surface area contributed by atoms with Crippen LogP contribution in [0.3, 0.4) is 0 Å². The maximum Gasteiger partial charge on any atom is 0.310 e. The summed E-state index contributed by atoms with van der Waals surface area (Å²) in [5.41, 5.74) is 5.47. The highest BCUT2D eigenvalue weighted by Gasteiger charge is 2.19. The molecule has 1 aliphatic rings. The van der Waals surface area contributed by atoms with Crippen molar-refractivity contribution >= 4 is 17.0 Å². The van der Waals surface area contributed by atoms with Crippen LogP contribution in [0.1, 0.15) is 23.6 Å². The third-order valence-electron chi connectivity index (χ3n) is 4.80. The van der Waals surface area contributed by atoms with Crippen LogP contribution in [0.25, 0.3) is 11.0 Å². The van der Waals surface area contributed by atoms with Crippen LogP contribution in [0, 0.1) is 5.92 Å². The molecule has 0 saturated heterocycles. The third-order valence-corrected chi connectivity index (χ3v) is 4.80. The highest BCUT2D eigenvalue weighted by atomic mass is 16.5. The van der Waals surface area contributed by atoms with Gasteiger partial charge in [-0.3, -0.25) is 9.69 Å². The number of nitrogens with zero attached hydrogens (tertiary/aromatic N) is 4. The van der Waals surface area contributed by atoms with Crippen molar-refractivity contribution in [2.24, 2.45) is 5.92 Å². The fourth-order valence-electron chi connectivity index (χ4n) is 3.39. The molecule has 6 nitrogen and oxygen atoms in total. The molecule has 1 aromatic heterocycles. The van der Waals surface area contributed by atoms with E-state index in [1.54, 1.807) is 4.68 Å². The zero-order chi connectivity index (χ0) is 18.1. The van der Waals surface area contributed by atoms with E-state index < -0.39 is 0 Å². The second-order valence-electron chi connectivity index (χ2n) is 7.04. The van der Waals surface area contributed by atoms with Crippen molar-refractivity contribution in [3.8, 4) is 0 Å². The van der Waals surface area contributed by atoms with Crippen molar-refractivity contribution in [1.29, 1.82) is 0 Å². The van der Waals surface area contributed by atoms with Crippen molar-refractivity contribution < 1.29 is 9.53 Å². The Morgan fingerprint density at radius 2 is 2.00 bits per heavy atom. The Morgan fingerprint density at radius 1 is 1.19 bits per heavy atom.